The molecule has 0 fully saturated rings. The second-order valence-electron chi connectivity index (χ2n) is 2.51. The summed E-state index contributed by atoms with van der Waals surface area (Å²) in [5, 5.41) is 10.7. The van der Waals surface area contributed by atoms with Gasteiger partial charge in [0.15, 0.2) is 0 Å². The highest BCUT2D eigenvalue weighted by molar-refractivity contribution is 6.32. The van der Waals surface area contributed by atoms with E-state index in [0.29, 0.717) is 10.8 Å². The number of carboxylic acids is 1. The molecule has 0 N–H and O–H groups in total. The van der Waals surface area contributed by atoms with Gasteiger partial charge in [0.1, 0.15) is 11.9 Å². The van der Waals surface area contributed by atoms with Gasteiger partial charge in [-0.1, -0.05) is 23.7 Å². The molecular weight excluding hydrogens is 192 g/mol. The van der Waals surface area contributed by atoms with E-state index in [-0.39, 0.29) is 0 Å². The Labute approximate surface area is 80.9 Å². The zero-order valence-electron chi connectivity index (χ0n) is 6.99. The number of carbonyl (C=O) groups is 1. The van der Waals surface area contributed by atoms with Crippen molar-refractivity contribution in [1.29, 1.82) is 0 Å². The summed E-state index contributed by atoms with van der Waals surface area (Å²) >= 11 is 5.73. The average Bonchev–Trinajstić information content (AvgIpc) is 2.08. The summed E-state index contributed by atoms with van der Waals surface area (Å²) in [6.07, 6.45) is -1.00. The van der Waals surface area contributed by atoms with Gasteiger partial charge in [0.2, 0.25) is 0 Å². The summed E-state index contributed by atoms with van der Waals surface area (Å²) in [7, 11) is 0. The van der Waals surface area contributed by atoms with Gasteiger partial charge in [0.25, 0.3) is 0 Å². The first-order valence-electron chi connectivity index (χ1n) is 3.73. The molecule has 1 aromatic rings. The maximum Gasteiger partial charge on any atom is 0.138 e. The molecule has 1 rings (SSSR count). The minimum atomic E-state index is -1.26. The topological polar surface area (TPSA) is 49.4 Å². The molecule has 0 saturated heterocycles. The lowest BCUT2D eigenvalue weighted by Gasteiger charge is -2.15. The van der Waals surface area contributed by atoms with Gasteiger partial charge < -0.3 is 14.6 Å². The fraction of sp³-hybridized carbons (Fsp3) is 0.222. The normalized spacial score (nSPS) is 12.2. The number of benzene rings is 1. The van der Waals surface area contributed by atoms with Gasteiger partial charge in [-0.15, -0.1) is 0 Å². The van der Waals surface area contributed by atoms with E-state index in [9.17, 15) is 9.90 Å². The third-order valence-electron chi connectivity index (χ3n) is 1.47. The van der Waals surface area contributed by atoms with Crippen LogP contribution >= 0.6 is 11.6 Å². The minimum absolute atomic E-state index is 0.348. The largest absolute Gasteiger partial charge is 0.546 e. The second kappa shape index (κ2) is 4.14. The molecule has 4 heteroatoms. The number of carboxylic acid groups (broad SMARTS) is 1. The molecule has 0 aliphatic heterocycles. The molecule has 0 aromatic heterocycles. The van der Waals surface area contributed by atoms with Crippen LogP contribution in [-0.2, 0) is 4.79 Å². The predicted molar refractivity (Wildman–Crippen MR) is 46.5 cm³/mol. The summed E-state index contributed by atoms with van der Waals surface area (Å²) in [6, 6.07) is 6.67. The van der Waals surface area contributed by atoms with E-state index in [2.05, 4.69) is 0 Å². The van der Waals surface area contributed by atoms with Crippen molar-refractivity contribution >= 4 is 17.6 Å². The van der Waals surface area contributed by atoms with Crippen LogP contribution in [0.3, 0.4) is 0 Å². The summed E-state index contributed by atoms with van der Waals surface area (Å²) < 4.78 is 5.01. The molecule has 0 unspecified atom stereocenters. The van der Waals surface area contributed by atoms with E-state index >= 15 is 0 Å². The summed E-state index contributed by atoms with van der Waals surface area (Å²) in [5.41, 5.74) is 0. The Kier molecular flexibility index (Phi) is 3.14. The fourth-order valence-electron chi connectivity index (χ4n) is 0.779. The number of rotatable bonds is 3. The van der Waals surface area contributed by atoms with Crippen molar-refractivity contribution in [2.75, 3.05) is 0 Å². The van der Waals surface area contributed by atoms with Crippen molar-refractivity contribution in [3.63, 3.8) is 0 Å². The van der Waals surface area contributed by atoms with Crippen LogP contribution < -0.4 is 9.84 Å². The number of ether oxygens (including phenoxy) is 1. The molecule has 0 radical (unpaired) electrons. The Bertz CT molecular complexity index is 311. The van der Waals surface area contributed by atoms with Crippen LogP contribution in [0.25, 0.3) is 0 Å². The number of aliphatic carboxylic acids is 1. The first-order chi connectivity index (χ1) is 6.11. The van der Waals surface area contributed by atoms with Gasteiger partial charge >= 0.3 is 0 Å². The van der Waals surface area contributed by atoms with E-state index in [1.807, 2.05) is 0 Å². The van der Waals surface area contributed by atoms with E-state index in [0.717, 1.165) is 0 Å². The van der Waals surface area contributed by atoms with Gasteiger partial charge in [0, 0.05) is 0 Å². The Morgan fingerprint density at radius 1 is 1.54 bits per heavy atom. The van der Waals surface area contributed by atoms with Gasteiger partial charge in [-0.3, -0.25) is 0 Å². The molecular formula is C9H8ClO3-. The molecule has 70 valence electrons. The molecule has 3 nitrogen and oxygen atoms in total. The van der Waals surface area contributed by atoms with Gasteiger partial charge in [-0.2, -0.15) is 0 Å². The van der Waals surface area contributed by atoms with Crippen molar-refractivity contribution < 1.29 is 14.6 Å². The standard InChI is InChI=1S/C9H9ClO3/c1-6(9(11)12)13-8-5-3-2-4-7(8)10/h2-6H,1H3,(H,11,12)/p-1/t6-/m1/s1. The quantitative estimate of drug-likeness (QED) is 0.726. The van der Waals surface area contributed by atoms with E-state index in [1.54, 1.807) is 24.3 Å². The van der Waals surface area contributed by atoms with Gasteiger partial charge in [-0.05, 0) is 19.1 Å². The van der Waals surface area contributed by atoms with E-state index in [1.165, 1.54) is 6.92 Å². The number of halogens is 1. The van der Waals surface area contributed by atoms with Crippen LogP contribution in [-0.4, -0.2) is 12.1 Å². The second-order valence-corrected chi connectivity index (χ2v) is 2.92. The first kappa shape index (κ1) is 9.86. The lowest BCUT2D eigenvalue weighted by Crippen LogP contribution is -2.37. The van der Waals surface area contributed by atoms with Crippen molar-refractivity contribution in [2.45, 2.75) is 13.0 Å². The Morgan fingerprint density at radius 3 is 2.69 bits per heavy atom. The zero-order valence-corrected chi connectivity index (χ0v) is 7.75. The fourth-order valence-corrected chi connectivity index (χ4v) is 0.959. The van der Waals surface area contributed by atoms with Crippen molar-refractivity contribution in [2.24, 2.45) is 0 Å². The van der Waals surface area contributed by atoms with Gasteiger partial charge in [0.05, 0.1) is 11.0 Å². The lowest BCUT2D eigenvalue weighted by molar-refractivity contribution is -0.312. The van der Waals surface area contributed by atoms with Crippen LogP contribution in [0.2, 0.25) is 5.02 Å². The van der Waals surface area contributed by atoms with E-state index < -0.39 is 12.1 Å². The molecule has 1 atom stereocenters. The molecule has 13 heavy (non-hydrogen) atoms. The van der Waals surface area contributed by atoms with Crippen LogP contribution in [0.4, 0.5) is 0 Å². The first-order valence-corrected chi connectivity index (χ1v) is 4.11. The minimum Gasteiger partial charge on any atom is -0.546 e. The van der Waals surface area contributed by atoms with Crippen LogP contribution in [0.5, 0.6) is 5.75 Å². The highest BCUT2D eigenvalue weighted by Gasteiger charge is 2.06. The Balaban J connectivity index is 2.74. The monoisotopic (exact) mass is 199 g/mol. The van der Waals surface area contributed by atoms with Crippen molar-refractivity contribution in [1.82, 2.24) is 0 Å². The van der Waals surface area contributed by atoms with Crippen molar-refractivity contribution in [3.8, 4) is 5.75 Å². The third-order valence-corrected chi connectivity index (χ3v) is 1.78. The summed E-state index contributed by atoms with van der Waals surface area (Å²) in [4.78, 5) is 10.3. The maximum absolute atomic E-state index is 10.3. The number of para-hydroxylation sites is 1. The van der Waals surface area contributed by atoms with Crippen LogP contribution in [0.1, 0.15) is 6.92 Å². The lowest BCUT2D eigenvalue weighted by atomic mass is 10.3. The predicted octanol–water partition coefficient (Wildman–Crippen LogP) is 0.857. The maximum atomic E-state index is 10.3. The van der Waals surface area contributed by atoms with Crippen LogP contribution in [0.15, 0.2) is 24.3 Å². The number of hydrogen-bond acceptors (Lipinski definition) is 3. The SMILES string of the molecule is C[C@@H](Oc1ccccc1Cl)C(=O)[O-]. The highest BCUT2D eigenvalue weighted by atomic mass is 35.5. The Morgan fingerprint density at radius 2 is 2.15 bits per heavy atom. The molecule has 0 amide bonds. The Hall–Kier alpha value is -1.22. The smallest absolute Gasteiger partial charge is 0.138 e. The number of carbonyl (C=O) groups excluding carboxylic acids is 1. The summed E-state index contributed by atoms with van der Waals surface area (Å²) in [5.74, 6) is -0.916. The molecule has 0 bridgehead atoms. The van der Waals surface area contributed by atoms with Crippen LogP contribution in [0, 0.1) is 0 Å². The number of hydrogen-bond donors (Lipinski definition) is 0. The molecule has 0 spiro atoms. The molecule has 0 saturated carbocycles. The van der Waals surface area contributed by atoms with Crippen molar-refractivity contribution in [3.05, 3.63) is 29.3 Å². The molecule has 0 aliphatic carbocycles. The molecule has 0 aliphatic rings. The summed E-state index contributed by atoms with van der Waals surface area (Å²) in [6.45, 7) is 1.39. The zero-order chi connectivity index (χ0) is 9.84. The van der Waals surface area contributed by atoms with Gasteiger partial charge in [-0.25, -0.2) is 0 Å². The highest BCUT2D eigenvalue weighted by Crippen LogP contribution is 2.23. The molecule has 0 heterocycles. The average molecular weight is 200 g/mol. The van der Waals surface area contributed by atoms with E-state index in [4.69, 9.17) is 16.3 Å². The third kappa shape index (κ3) is 2.63. The molecule has 1 aromatic carbocycles.